The second-order valence-electron chi connectivity index (χ2n) is 5.88. The number of aromatic nitrogens is 2. The second kappa shape index (κ2) is 6.57. The van der Waals surface area contributed by atoms with Gasteiger partial charge in [0.2, 0.25) is 5.95 Å². The number of nitrogens with zero attached hydrogens (tertiary/aromatic N) is 2. The Morgan fingerprint density at radius 2 is 2.12 bits per heavy atom. The highest BCUT2D eigenvalue weighted by Crippen LogP contribution is 2.33. The van der Waals surface area contributed by atoms with Crippen LogP contribution in [-0.2, 0) is 0 Å². The van der Waals surface area contributed by atoms with Gasteiger partial charge in [-0.3, -0.25) is 4.79 Å². The molecule has 1 aliphatic carbocycles. The van der Waals surface area contributed by atoms with Crippen molar-refractivity contribution in [1.82, 2.24) is 9.97 Å². The standard InChI is InChI=1S/C17H20N6O/c1-10-3-2-4-12(7-10)22-16-13(15(19)24)8-20-17(23-16)21-9-14(18)11-5-6-11/h2-4,7-9,11H,5-6,18H2,1H3,(H2,19,24)(H2,20,21,22,23)/b14-9-. The maximum absolute atomic E-state index is 11.6. The highest BCUT2D eigenvalue weighted by Gasteiger charge is 2.23. The Kier molecular flexibility index (Phi) is 4.33. The fraction of sp³-hybridized carbons (Fsp3) is 0.235. The molecule has 1 fully saturated rings. The van der Waals surface area contributed by atoms with Crippen molar-refractivity contribution >= 4 is 23.4 Å². The van der Waals surface area contributed by atoms with Gasteiger partial charge in [-0.25, -0.2) is 4.98 Å². The molecule has 6 N–H and O–H groups in total. The van der Waals surface area contributed by atoms with Crippen LogP contribution < -0.4 is 22.1 Å². The number of nitrogens with two attached hydrogens (primary N) is 2. The molecule has 1 saturated carbocycles. The zero-order valence-corrected chi connectivity index (χ0v) is 13.4. The van der Waals surface area contributed by atoms with Crippen LogP contribution in [0.2, 0.25) is 0 Å². The fourth-order valence-electron chi connectivity index (χ4n) is 2.27. The summed E-state index contributed by atoms with van der Waals surface area (Å²) in [5, 5.41) is 6.08. The third kappa shape index (κ3) is 3.81. The predicted molar refractivity (Wildman–Crippen MR) is 93.6 cm³/mol. The number of rotatable bonds is 6. The Bertz CT molecular complexity index is 797. The van der Waals surface area contributed by atoms with Crippen LogP contribution in [0.15, 0.2) is 42.4 Å². The Labute approximate surface area is 140 Å². The SMILES string of the molecule is Cc1cccc(Nc2nc(N/C=C(\N)C3CC3)ncc2C(N)=O)c1. The second-order valence-corrected chi connectivity index (χ2v) is 5.88. The maximum Gasteiger partial charge on any atom is 0.254 e. The van der Waals surface area contributed by atoms with E-state index in [0.29, 0.717) is 17.7 Å². The molecule has 24 heavy (non-hydrogen) atoms. The van der Waals surface area contributed by atoms with Gasteiger partial charge in [0.25, 0.3) is 5.91 Å². The smallest absolute Gasteiger partial charge is 0.254 e. The molecule has 0 unspecified atom stereocenters. The summed E-state index contributed by atoms with van der Waals surface area (Å²) in [5.41, 5.74) is 14.3. The lowest BCUT2D eigenvalue weighted by atomic mass is 10.2. The fourth-order valence-corrected chi connectivity index (χ4v) is 2.27. The van der Waals surface area contributed by atoms with E-state index in [-0.39, 0.29) is 5.56 Å². The molecule has 0 saturated heterocycles. The third-order valence-electron chi connectivity index (χ3n) is 3.75. The molecule has 1 aromatic carbocycles. The topological polar surface area (TPSA) is 119 Å². The molecular weight excluding hydrogens is 304 g/mol. The van der Waals surface area contributed by atoms with Gasteiger partial charge in [0, 0.05) is 23.8 Å². The van der Waals surface area contributed by atoms with Crippen molar-refractivity contribution in [2.75, 3.05) is 10.6 Å². The zero-order chi connectivity index (χ0) is 17.1. The summed E-state index contributed by atoms with van der Waals surface area (Å²) < 4.78 is 0. The molecule has 7 nitrogen and oxygen atoms in total. The average molecular weight is 324 g/mol. The molecule has 1 aromatic heterocycles. The molecule has 0 aliphatic heterocycles. The van der Waals surface area contributed by atoms with Crippen LogP contribution in [0.3, 0.4) is 0 Å². The molecule has 0 atom stereocenters. The lowest BCUT2D eigenvalue weighted by Crippen LogP contribution is -2.16. The molecule has 1 amide bonds. The number of primary amides is 1. The van der Waals surface area contributed by atoms with Crippen molar-refractivity contribution < 1.29 is 4.79 Å². The Morgan fingerprint density at radius 1 is 1.33 bits per heavy atom. The Balaban J connectivity index is 1.85. The van der Waals surface area contributed by atoms with Crippen LogP contribution in [0.1, 0.15) is 28.8 Å². The minimum Gasteiger partial charge on any atom is -0.401 e. The maximum atomic E-state index is 11.6. The number of amides is 1. The lowest BCUT2D eigenvalue weighted by molar-refractivity contribution is 0.100. The van der Waals surface area contributed by atoms with Crippen molar-refractivity contribution in [2.45, 2.75) is 19.8 Å². The van der Waals surface area contributed by atoms with Gasteiger partial charge in [-0.2, -0.15) is 4.98 Å². The minimum absolute atomic E-state index is 0.223. The summed E-state index contributed by atoms with van der Waals surface area (Å²) in [4.78, 5) is 20.0. The number of carbonyl (C=O) groups excluding carboxylic acids is 1. The first-order valence-corrected chi connectivity index (χ1v) is 7.75. The van der Waals surface area contributed by atoms with Gasteiger partial charge >= 0.3 is 0 Å². The lowest BCUT2D eigenvalue weighted by Gasteiger charge is -2.11. The Hall–Kier alpha value is -3.09. The summed E-state index contributed by atoms with van der Waals surface area (Å²) in [6.45, 7) is 1.98. The first-order valence-electron chi connectivity index (χ1n) is 7.75. The highest BCUT2D eigenvalue weighted by atomic mass is 16.1. The molecule has 1 aliphatic rings. The first kappa shape index (κ1) is 15.8. The van der Waals surface area contributed by atoms with Crippen molar-refractivity contribution in [3.05, 3.63) is 53.5 Å². The van der Waals surface area contributed by atoms with Crippen LogP contribution in [0.4, 0.5) is 17.5 Å². The van der Waals surface area contributed by atoms with Gasteiger partial charge < -0.3 is 22.1 Å². The molecule has 7 heteroatoms. The summed E-state index contributed by atoms with van der Waals surface area (Å²) >= 11 is 0. The van der Waals surface area contributed by atoms with Crippen molar-refractivity contribution in [3.63, 3.8) is 0 Å². The number of allylic oxidation sites excluding steroid dienone is 1. The molecule has 0 radical (unpaired) electrons. The average Bonchev–Trinajstić information content (AvgIpc) is 3.37. The van der Waals surface area contributed by atoms with Gasteiger partial charge in [0.15, 0.2) is 0 Å². The molecule has 0 bridgehead atoms. The summed E-state index contributed by atoms with van der Waals surface area (Å²) in [6, 6.07) is 7.74. The summed E-state index contributed by atoms with van der Waals surface area (Å²) in [5.74, 6) is 0.555. The van der Waals surface area contributed by atoms with E-state index in [0.717, 1.165) is 29.8 Å². The van der Waals surface area contributed by atoms with Crippen LogP contribution in [0.25, 0.3) is 0 Å². The molecule has 0 spiro atoms. The normalized spacial score (nSPS) is 14.3. The van der Waals surface area contributed by atoms with E-state index in [9.17, 15) is 4.79 Å². The van der Waals surface area contributed by atoms with E-state index in [1.807, 2.05) is 31.2 Å². The van der Waals surface area contributed by atoms with Crippen LogP contribution in [0.5, 0.6) is 0 Å². The molecule has 3 rings (SSSR count). The van der Waals surface area contributed by atoms with Gasteiger partial charge in [-0.1, -0.05) is 12.1 Å². The van der Waals surface area contributed by atoms with Crippen LogP contribution >= 0.6 is 0 Å². The van der Waals surface area contributed by atoms with Gasteiger partial charge in [0.05, 0.1) is 0 Å². The first-order chi connectivity index (χ1) is 11.5. The highest BCUT2D eigenvalue weighted by molar-refractivity contribution is 5.98. The monoisotopic (exact) mass is 324 g/mol. The largest absolute Gasteiger partial charge is 0.401 e. The summed E-state index contributed by atoms with van der Waals surface area (Å²) in [6.07, 6.45) is 5.33. The zero-order valence-electron chi connectivity index (χ0n) is 13.4. The van der Waals surface area contributed by atoms with Crippen molar-refractivity contribution in [3.8, 4) is 0 Å². The number of nitrogens with one attached hydrogen (secondary N) is 2. The van der Waals surface area contributed by atoms with Gasteiger partial charge in [0.1, 0.15) is 11.4 Å². The number of hydrogen-bond donors (Lipinski definition) is 4. The Morgan fingerprint density at radius 3 is 2.79 bits per heavy atom. The van der Waals surface area contributed by atoms with E-state index >= 15 is 0 Å². The van der Waals surface area contributed by atoms with E-state index in [2.05, 4.69) is 20.6 Å². The van der Waals surface area contributed by atoms with Gasteiger partial charge in [-0.15, -0.1) is 0 Å². The predicted octanol–water partition coefficient (Wildman–Crippen LogP) is 2.25. The molecule has 2 aromatic rings. The van der Waals surface area contributed by atoms with E-state index in [4.69, 9.17) is 11.5 Å². The van der Waals surface area contributed by atoms with E-state index in [1.54, 1.807) is 6.20 Å². The van der Waals surface area contributed by atoms with E-state index < -0.39 is 5.91 Å². The van der Waals surface area contributed by atoms with Gasteiger partial charge in [-0.05, 0) is 43.4 Å². The number of aryl methyl sites for hydroxylation is 1. The van der Waals surface area contributed by atoms with Crippen LogP contribution in [-0.4, -0.2) is 15.9 Å². The molecular formula is C17H20N6O. The summed E-state index contributed by atoms with van der Waals surface area (Å²) in [7, 11) is 0. The quantitative estimate of drug-likeness (QED) is 0.647. The number of benzene rings is 1. The van der Waals surface area contributed by atoms with Crippen LogP contribution in [0, 0.1) is 12.8 Å². The van der Waals surface area contributed by atoms with Crippen molar-refractivity contribution in [1.29, 1.82) is 0 Å². The van der Waals surface area contributed by atoms with Crippen molar-refractivity contribution in [2.24, 2.45) is 17.4 Å². The minimum atomic E-state index is -0.593. The third-order valence-corrected chi connectivity index (χ3v) is 3.75. The molecule has 124 valence electrons. The van der Waals surface area contributed by atoms with E-state index in [1.165, 1.54) is 6.20 Å². The number of carbonyl (C=O) groups is 1. The number of anilines is 3. The molecule has 1 heterocycles. The number of hydrogen-bond acceptors (Lipinski definition) is 6.